The van der Waals surface area contributed by atoms with Crippen molar-refractivity contribution < 1.29 is 9.53 Å². The molecule has 2 aromatic rings. The SMILES string of the molecule is CCCn1ccnc1CCCN(C)C(=O)[C@H](C)Oc1ccccc1Cl. The molecule has 0 bridgehead atoms. The Balaban J connectivity index is 1.81. The van der Waals surface area contributed by atoms with Crippen LogP contribution in [0.2, 0.25) is 5.02 Å². The lowest BCUT2D eigenvalue weighted by molar-refractivity contribution is -0.136. The Morgan fingerprint density at radius 3 is 2.88 bits per heavy atom. The van der Waals surface area contributed by atoms with Gasteiger partial charge in [-0.15, -0.1) is 0 Å². The molecule has 5 nitrogen and oxygen atoms in total. The number of amides is 1. The lowest BCUT2D eigenvalue weighted by Gasteiger charge is -2.22. The van der Waals surface area contributed by atoms with E-state index in [1.54, 1.807) is 31.0 Å². The summed E-state index contributed by atoms with van der Waals surface area (Å²) in [4.78, 5) is 18.6. The van der Waals surface area contributed by atoms with Gasteiger partial charge in [-0.2, -0.15) is 0 Å². The van der Waals surface area contributed by atoms with E-state index >= 15 is 0 Å². The second-order valence-electron chi connectivity index (χ2n) is 6.09. The predicted octanol–water partition coefficient (Wildman–Crippen LogP) is 3.81. The molecule has 25 heavy (non-hydrogen) atoms. The van der Waals surface area contributed by atoms with Crippen LogP contribution >= 0.6 is 11.6 Å². The van der Waals surface area contributed by atoms with Crippen LogP contribution in [-0.2, 0) is 17.8 Å². The molecule has 0 aliphatic heterocycles. The zero-order valence-corrected chi connectivity index (χ0v) is 15.9. The van der Waals surface area contributed by atoms with Crippen molar-refractivity contribution >= 4 is 17.5 Å². The number of imidazole rings is 1. The number of halogens is 1. The van der Waals surface area contributed by atoms with Crippen LogP contribution in [0.1, 0.15) is 32.5 Å². The van der Waals surface area contributed by atoms with Crippen molar-refractivity contribution in [2.45, 2.75) is 45.8 Å². The van der Waals surface area contributed by atoms with Crippen LogP contribution in [0.3, 0.4) is 0 Å². The third-order valence-corrected chi connectivity index (χ3v) is 4.34. The van der Waals surface area contributed by atoms with E-state index in [1.807, 2.05) is 24.5 Å². The highest BCUT2D eigenvalue weighted by Crippen LogP contribution is 2.24. The van der Waals surface area contributed by atoms with Crippen molar-refractivity contribution in [3.8, 4) is 5.75 Å². The first kappa shape index (κ1) is 19.3. The zero-order chi connectivity index (χ0) is 18.2. The number of carbonyl (C=O) groups excluding carboxylic acids is 1. The van der Waals surface area contributed by atoms with Gasteiger partial charge in [-0.3, -0.25) is 4.79 Å². The molecule has 0 radical (unpaired) electrons. The van der Waals surface area contributed by atoms with Crippen LogP contribution in [0, 0.1) is 0 Å². The van der Waals surface area contributed by atoms with E-state index in [0.717, 1.165) is 31.6 Å². The first-order valence-corrected chi connectivity index (χ1v) is 9.07. The number of aryl methyl sites for hydroxylation is 2. The highest BCUT2D eigenvalue weighted by atomic mass is 35.5. The Kier molecular flexibility index (Phi) is 7.31. The van der Waals surface area contributed by atoms with Gasteiger partial charge in [0.25, 0.3) is 5.91 Å². The highest BCUT2D eigenvalue weighted by Gasteiger charge is 2.20. The summed E-state index contributed by atoms with van der Waals surface area (Å²) in [6.07, 6.45) is 6.06. The summed E-state index contributed by atoms with van der Waals surface area (Å²) in [6, 6.07) is 7.17. The van der Waals surface area contributed by atoms with Crippen molar-refractivity contribution in [3.63, 3.8) is 0 Å². The van der Waals surface area contributed by atoms with Crippen LogP contribution in [-0.4, -0.2) is 40.1 Å². The number of hydrogen-bond acceptors (Lipinski definition) is 3. The maximum Gasteiger partial charge on any atom is 0.263 e. The second kappa shape index (κ2) is 9.47. The molecule has 1 aromatic carbocycles. The minimum atomic E-state index is -0.577. The van der Waals surface area contributed by atoms with Gasteiger partial charge in [0, 0.05) is 39.0 Å². The quantitative estimate of drug-likeness (QED) is 0.680. The maximum atomic E-state index is 12.5. The second-order valence-corrected chi connectivity index (χ2v) is 6.50. The smallest absolute Gasteiger partial charge is 0.263 e. The molecule has 1 atom stereocenters. The van der Waals surface area contributed by atoms with Gasteiger partial charge in [0.1, 0.15) is 11.6 Å². The normalized spacial score (nSPS) is 12.0. The number of nitrogens with zero attached hydrogens (tertiary/aromatic N) is 3. The van der Waals surface area contributed by atoms with Crippen molar-refractivity contribution in [2.24, 2.45) is 0 Å². The Bertz CT molecular complexity index is 687. The topological polar surface area (TPSA) is 47.4 Å². The molecule has 1 amide bonds. The monoisotopic (exact) mass is 363 g/mol. The van der Waals surface area contributed by atoms with Gasteiger partial charge in [0.05, 0.1) is 5.02 Å². The van der Waals surface area contributed by atoms with Crippen molar-refractivity contribution in [2.75, 3.05) is 13.6 Å². The fourth-order valence-corrected chi connectivity index (χ4v) is 2.87. The first-order valence-electron chi connectivity index (χ1n) is 8.69. The van der Waals surface area contributed by atoms with Crippen LogP contribution in [0.25, 0.3) is 0 Å². The lowest BCUT2D eigenvalue weighted by Crippen LogP contribution is -2.38. The number of likely N-dealkylation sites (N-methyl/N-ethyl adjacent to an activating group) is 1. The van der Waals surface area contributed by atoms with E-state index < -0.39 is 6.10 Å². The Hall–Kier alpha value is -2.01. The molecular formula is C19H26ClN3O2. The van der Waals surface area contributed by atoms with Gasteiger partial charge in [-0.25, -0.2) is 4.98 Å². The molecule has 0 saturated carbocycles. The molecule has 2 rings (SSSR count). The largest absolute Gasteiger partial charge is 0.479 e. The Morgan fingerprint density at radius 1 is 1.40 bits per heavy atom. The van der Waals surface area contributed by atoms with Crippen molar-refractivity contribution in [3.05, 3.63) is 47.5 Å². The summed E-state index contributed by atoms with van der Waals surface area (Å²) in [7, 11) is 1.80. The molecule has 0 saturated heterocycles. The van der Waals surface area contributed by atoms with Crippen LogP contribution in [0.4, 0.5) is 0 Å². The molecule has 6 heteroatoms. The van der Waals surface area contributed by atoms with Gasteiger partial charge >= 0.3 is 0 Å². The van der Waals surface area contributed by atoms with Gasteiger partial charge < -0.3 is 14.2 Å². The summed E-state index contributed by atoms with van der Waals surface area (Å²) >= 11 is 6.07. The highest BCUT2D eigenvalue weighted by molar-refractivity contribution is 6.32. The van der Waals surface area contributed by atoms with E-state index in [1.165, 1.54) is 0 Å². The van der Waals surface area contributed by atoms with E-state index in [0.29, 0.717) is 17.3 Å². The van der Waals surface area contributed by atoms with E-state index in [-0.39, 0.29) is 5.91 Å². The summed E-state index contributed by atoms with van der Waals surface area (Å²) in [5.41, 5.74) is 0. The number of ether oxygens (including phenoxy) is 1. The number of carbonyl (C=O) groups is 1. The average molecular weight is 364 g/mol. The minimum absolute atomic E-state index is 0.0585. The fraction of sp³-hybridized carbons (Fsp3) is 0.474. The summed E-state index contributed by atoms with van der Waals surface area (Å²) in [5.74, 6) is 1.54. The van der Waals surface area contributed by atoms with E-state index in [2.05, 4.69) is 16.5 Å². The Labute approximate surface area is 154 Å². The maximum absolute atomic E-state index is 12.5. The lowest BCUT2D eigenvalue weighted by atomic mass is 10.2. The summed E-state index contributed by atoms with van der Waals surface area (Å²) < 4.78 is 7.86. The van der Waals surface area contributed by atoms with Gasteiger partial charge in [-0.05, 0) is 31.9 Å². The van der Waals surface area contributed by atoms with E-state index in [4.69, 9.17) is 16.3 Å². The number of para-hydroxylation sites is 1. The molecule has 0 aliphatic carbocycles. The van der Waals surface area contributed by atoms with Gasteiger partial charge in [-0.1, -0.05) is 30.7 Å². The van der Waals surface area contributed by atoms with Crippen LogP contribution in [0.5, 0.6) is 5.75 Å². The zero-order valence-electron chi connectivity index (χ0n) is 15.1. The molecular weight excluding hydrogens is 338 g/mol. The third-order valence-electron chi connectivity index (χ3n) is 4.02. The van der Waals surface area contributed by atoms with Crippen LogP contribution < -0.4 is 4.74 Å². The molecule has 0 spiro atoms. The molecule has 1 aromatic heterocycles. The molecule has 1 heterocycles. The number of aromatic nitrogens is 2. The van der Waals surface area contributed by atoms with Crippen molar-refractivity contribution in [1.82, 2.24) is 14.5 Å². The number of hydrogen-bond donors (Lipinski definition) is 0. The predicted molar refractivity (Wildman–Crippen MR) is 100 cm³/mol. The average Bonchev–Trinajstić information content (AvgIpc) is 3.03. The van der Waals surface area contributed by atoms with Gasteiger partial charge in [0.2, 0.25) is 0 Å². The summed E-state index contributed by atoms with van der Waals surface area (Å²) in [6.45, 7) is 5.54. The number of benzene rings is 1. The van der Waals surface area contributed by atoms with E-state index in [9.17, 15) is 4.79 Å². The minimum Gasteiger partial charge on any atom is -0.479 e. The van der Waals surface area contributed by atoms with Gasteiger partial charge in [0.15, 0.2) is 6.10 Å². The fourth-order valence-electron chi connectivity index (χ4n) is 2.69. The molecule has 0 N–H and O–H groups in total. The first-order chi connectivity index (χ1) is 12.0. The van der Waals surface area contributed by atoms with Crippen molar-refractivity contribution in [1.29, 1.82) is 0 Å². The van der Waals surface area contributed by atoms with Crippen LogP contribution in [0.15, 0.2) is 36.7 Å². The Morgan fingerprint density at radius 2 is 2.16 bits per heavy atom. The molecule has 0 fully saturated rings. The molecule has 0 unspecified atom stereocenters. The standard InChI is InChI=1S/C19H26ClN3O2/c1-4-12-23-14-11-21-18(23)10-7-13-22(3)19(24)15(2)25-17-9-6-5-8-16(17)20/h5-6,8-9,11,14-15H,4,7,10,12-13H2,1-3H3/t15-/m0/s1. The molecule has 0 aliphatic rings. The number of rotatable bonds is 9. The summed E-state index contributed by atoms with van der Waals surface area (Å²) in [5, 5.41) is 0.507. The molecule has 136 valence electrons. The third kappa shape index (κ3) is 5.49.